The Balaban J connectivity index is 1.61. The number of carbonyl (C=O) groups is 1. The molecule has 0 aromatic heterocycles. The van der Waals surface area contributed by atoms with Crippen LogP contribution < -0.4 is 10.1 Å². The van der Waals surface area contributed by atoms with E-state index in [0.29, 0.717) is 24.0 Å². The predicted molar refractivity (Wildman–Crippen MR) is 101 cm³/mol. The highest BCUT2D eigenvalue weighted by atomic mass is 16.5. The van der Waals surface area contributed by atoms with Crippen molar-refractivity contribution in [3.05, 3.63) is 65.7 Å². The highest BCUT2D eigenvalue weighted by molar-refractivity contribution is 5.94. The van der Waals surface area contributed by atoms with Crippen LogP contribution in [0.2, 0.25) is 0 Å². The molecule has 1 amide bonds. The van der Waals surface area contributed by atoms with Gasteiger partial charge in [0.15, 0.2) is 0 Å². The minimum Gasteiger partial charge on any atom is -0.489 e. The number of amides is 1. The third-order valence-electron chi connectivity index (χ3n) is 5.37. The summed E-state index contributed by atoms with van der Waals surface area (Å²) in [7, 11) is 0. The van der Waals surface area contributed by atoms with Crippen molar-refractivity contribution in [2.24, 2.45) is 11.8 Å². The summed E-state index contributed by atoms with van der Waals surface area (Å²) in [6.45, 7) is 5.03. The summed E-state index contributed by atoms with van der Waals surface area (Å²) in [5.74, 6) is 1.91. The molecule has 0 heterocycles. The lowest BCUT2D eigenvalue weighted by Crippen LogP contribution is -2.43. The molecular formula is C22H27NO2. The molecular weight excluding hydrogens is 310 g/mol. The molecule has 0 unspecified atom stereocenters. The van der Waals surface area contributed by atoms with Crippen molar-refractivity contribution in [2.75, 3.05) is 0 Å². The maximum Gasteiger partial charge on any atom is 0.251 e. The van der Waals surface area contributed by atoms with Gasteiger partial charge in [-0.05, 0) is 42.0 Å². The van der Waals surface area contributed by atoms with Crippen molar-refractivity contribution in [3.63, 3.8) is 0 Å². The Morgan fingerprint density at radius 2 is 1.88 bits per heavy atom. The van der Waals surface area contributed by atoms with Crippen molar-refractivity contribution in [3.8, 4) is 5.75 Å². The van der Waals surface area contributed by atoms with Gasteiger partial charge in [-0.15, -0.1) is 0 Å². The van der Waals surface area contributed by atoms with E-state index in [0.717, 1.165) is 17.7 Å². The van der Waals surface area contributed by atoms with Crippen LogP contribution in [-0.4, -0.2) is 11.9 Å². The van der Waals surface area contributed by atoms with Crippen molar-refractivity contribution < 1.29 is 9.53 Å². The Kier molecular flexibility index (Phi) is 5.75. The van der Waals surface area contributed by atoms with Crippen LogP contribution in [0.4, 0.5) is 0 Å². The third-order valence-corrected chi connectivity index (χ3v) is 5.37. The van der Waals surface area contributed by atoms with Gasteiger partial charge in [0.05, 0.1) is 0 Å². The van der Waals surface area contributed by atoms with Crippen molar-refractivity contribution in [1.29, 1.82) is 0 Å². The highest BCUT2D eigenvalue weighted by Crippen LogP contribution is 2.29. The first-order valence-electron chi connectivity index (χ1n) is 9.21. The minimum absolute atomic E-state index is 0.00360. The van der Waals surface area contributed by atoms with Crippen LogP contribution in [0.5, 0.6) is 5.75 Å². The largest absolute Gasteiger partial charge is 0.489 e. The van der Waals surface area contributed by atoms with E-state index in [9.17, 15) is 4.79 Å². The topological polar surface area (TPSA) is 38.3 Å². The molecule has 2 aromatic rings. The van der Waals surface area contributed by atoms with Crippen LogP contribution in [0.1, 0.15) is 49.0 Å². The summed E-state index contributed by atoms with van der Waals surface area (Å²) in [6.07, 6.45) is 3.52. The lowest BCUT2D eigenvalue weighted by Gasteiger charge is -2.34. The number of carbonyl (C=O) groups excluding carboxylic acids is 1. The second-order valence-corrected chi connectivity index (χ2v) is 7.15. The van der Waals surface area contributed by atoms with Crippen molar-refractivity contribution in [2.45, 2.75) is 45.8 Å². The monoisotopic (exact) mass is 337 g/mol. The van der Waals surface area contributed by atoms with Crippen LogP contribution in [0, 0.1) is 11.8 Å². The van der Waals surface area contributed by atoms with Crippen LogP contribution in [0.25, 0.3) is 0 Å². The number of hydrogen-bond donors (Lipinski definition) is 1. The lowest BCUT2D eigenvalue weighted by molar-refractivity contribution is 0.0890. The molecule has 3 heteroatoms. The standard InChI is InChI=1S/C22H27NO2/c1-16-8-6-13-21(17(16)2)23-22(24)19-11-7-12-20(14-19)25-15-18-9-4-3-5-10-18/h3-5,7,9-12,14,16-17,21H,6,8,13,15H2,1-2H3,(H,23,24)/t16-,17+,21+/m0/s1. The normalized spacial score (nSPS) is 23.0. The van der Waals surface area contributed by atoms with Crippen LogP contribution in [0.3, 0.4) is 0 Å². The average molecular weight is 337 g/mol. The Bertz CT molecular complexity index is 698. The van der Waals surface area contributed by atoms with Crippen LogP contribution in [0.15, 0.2) is 54.6 Å². The Hall–Kier alpha value is -2.29. The molecule has 0 spiro atoms. The third kappa shape index (κ3) is 4.62. The van der Waals surface area contributed by atoms with Gasteiger partial charge in [0.1, 0.15) is 12.4 Å². The summed E-state index contributed by atoms with van der Waals surface area (Å²) in [5.41, 5.74) is 1.78. The van der Waals surface area contributed by atoms with E-state index in [1.807, 2.05) is 54.6 Å². The molecule has 3 nitrogen and oxygen atoms in total. The van der Waals surface area contributed by atoms with Gasteiger partial charge in [-0.3, -0.25) is 4.79 Å². The van der Waals surface area contributed by atoms with E-state index in [2.05, 4.69) is 19.2 Å². The molecule has 0 bridgehead atoms. The van der Waals surface area contributed by atoms with Crippen LogP contribution in [-0.2, 0) is 6.61 Å². The average Bonchev–Trinajstić information content (AvgIpc) is 2.65. The SMILES string of the molecule is C[C@@H]1[C@@H](C)CCC[C@H]1NC(=O)c1cccc(OCc2ccccc2)c1. The highest BCUT2D eigenvalue weighted by Gasteiger charge is 2.28. The maximum atomic E-state index is 12.6. The van der Waals surface area contributed by atoms with E-state index in [1.165, 1.54) is 12.8 Å². The van der Waals surface area contributed by atoms with Gasteiger partial charge in [-0.2, -0.15) is 0 Å². The fourth-order valence-electron chi connectivity index (χ4n) is 3.51. The zero-order valence-electron chi connectivity index (χ0n) is 15.1. The van der Waals surface area contributed by atoms with Gasteiger partial charge in [0.25, 0.3) is 5.91 Å². The lowest BCUT2D eigenvalue weighted by atomic mass is 9.78. The molecule has 0 radical (unpaired) electrons. The smallest absolute Gasteiger partial charge is 0.251 e. The Morgan fingerprint density at radius 1 is 1.08 bits per heavy atom. The number of benzene rings is 2. The van der Waals surface area contributed by atoms with E-state index < -0.39 is 0 Å². The molecule has 3 atom stereocenters. The van der Waals surface area contributed by atoms with Gasteiger partial charge in [-0.1, -0.05) is 63.1 Å². The van der Waals surface area contributed by atoms with Gasteiger partial charge in [0, 0.05) is 11.6 Å². The molecule has 0 saturated heterocycles. The summed E-state index contributed by atoms with van der Waals surface area (Å²) >= 11 is 0. The quantitative estimate of drug-likeness (QED) is 0.849. The molecule has 132 valence electrons. The van der Waals surface area contributed by atoms with E-state index in [4.69, 9.17) is 4.74 Å². The second-order valence-electron chi connectivity index (χ2n) is 7.15. The fraction of sp³-hybridized carbons (Fsp3) is 0.409. The predicted octanol–water partition coefficient (Wildman–Crippen LogP) is 4.82. The molecule has 1 fully saturated rings. The molecule has 1 aliphatic carbocycles. The number of rotatable bonds is 5. The fourth-order valence-corrected chi connectivity index (χ4v) is 3.51. The van der Waals surface area contributed by atoms with E-state index in [1.54, 1.807) is 0 Å². The zero-order valence-corrected chi connectivity index (χ0v) is 15.1. The van der Waals surface area contributed by atoms with Gasteiger partial charge < -0.3 is 10.1 Å². The maximum absolute atomic E-state index is 12.6. The van der Waals surface area contributed by atoms with Crippen molar-refractivity contribution >= 4 is 5.91 Å². The molecule has 2 aromatic carbocycles. The summed E-state index contributed by atoms with van der Waals surface area (Å²) in [5, 5.41) is 3.22. The van der Waals surface area contributed by atoms with Crippen molar-refractivity contribution in [1.82, 2.24) is 5.32 Å². The van der Waals surface area contributed by atoms with Crippen LogP contribution >= 0.6 is 0 Å². The van der Waals surface area contributed by atoms with Gasteiger partial charge >= 0.3 is 0 Å². The molecule has 25 heavy (non-hydrogen) atoms. The molecule has 1 aliphatic rings. The molecule has 0 aliphatic heterocycles. The first-order valence-corrected chi connectivity index (χ1v) is 9.21. The molecule has 1 N–H and O–H groups in total. The molecule has 3 rings (SSSR count). The first-order chi connectivity index (χ1) is 12.1. The number of hydrogen-bond acceptors (Lipinski definition) is 2. The molecule has 1 saturated carbocycles. The summed E-state index contributed by atoms with van der Waals surface area (Å²) < 4.78 is 5.83. The first kappa shape index (κ1) is 17.5. The van der Waals surface area contributed by atoms with Gasteiger partial charge in [0.2, 0.25) is 0 Å². The van der Waals surface area contributed by atoms with Gasteiger partial charge in [-0.25, -0.2) is 0 Å². The van der Waals surface area contributed by atoms with E-state index >= 15 is 0 Å². The minimum atomic E-state index is -0.00360. The Labute approximate surface area is 150 Å². The Morgan fingerprint density at radius 3 is 2.68 bits per heavy atom. The summed E-state index contributed by atoms with van der Waals surface area (Å²) in [4.78, 5) is 12.6. The number of ether oxygens (including phenoxy) is 1. The zero-order chi connectivity index (χ0) is 17.6. The summed E-state index contributed by atoms with van der Waals surface area (Å²) in [6, 6.07) is 17.8. The van der Waals surface area contributed by atoms with E-state index in [-0.39, 0.29) is 11.9 Å². The number of nitrogens with one attached hydrogen (secondary N) is 1. The second kappa shape index (κ2) is 8.19.